The van der Waals surface area contributed by atoms with E-state index in [1.165, 1.54) is 24.8 Å². The molecular formula is C44H68N10O3. The van der Waals surface area contributed by atoms with Crippen LogP contribution in [0.5, 0.6) is 0 Å². The van der Waals surface area contributed by atoms with E-state index in [1.54, 1.807) is 0 Å². The van der Waals surface area contributed by atoms with Crippen LogP contribution in [0.25, 0.3) is 11.2 Å². The van der Waals surface area contributed by atoms with Gasteiger partial charge in [-0.15, -0.1) is 12.8 Å². The molecule has 1 amide bonds. The lowest BCUT2D eigenvalue weighted by atomic mass is 9.92. The highest BCUT2D eigenvalue weighted by atomic mass is 16.7. The molecule has 2 aromatic heterocycles. The van der Waals surface area contributed by atoms with E-state index < -0.39 is 5.03 Å². The number of nitrogens with one attached hydrogen (secondary N) is 2. The summed E-state index contributed by atoms with van der Waals surface area (Å²) >= 11 is 0. The number of nitrogens with two attached hydrogens (primary N) is 1. The van der Waals surface area contributed by atoms with Crippen molar-refractivity contribution < 1.29 is 31.2 Å². The third kappa shape index (κ3) is 18.8. The van der Waals surface area contributed by atoms with Gasteiger partial charge in [-0.05, 0) is 150 Å². The Morgan fingerprint density at radius 2 is 1.33 bits per heavy atom. The van der Waals surface area contributed by atoms with Gasteiger partial charge in [-0.25, -0.2) is 9.97 Å². The molecule has 4 rings (SSSR count). The average Bonchev–Trinajstić information content (AvgIpc) is 3.48. The maximum atomic E-state index is 12.5. The highest BCUT2D eigenvalue weighted by molar-refractivity contribution is 5.91. The summed E-state index contributed by atoms with van der Waals surface area (Å²) in [6, 6.07) is 4.53. The summed E-state index contributed by atoms with van der Waals surface area (Å²) in [4.78, 5) is 33.9. The molecule has 0 aromatic carbocycles. The Hall–Kier alpha value is -8.35. The number of rotatable bonds is 6. The second-order valence-electron chi connectivity index (χ2n) is 13.0. The summed E-state index contributed by atoms with van der Waals surface area (Å²) in [5, 5.41) is 16.6. The summed E-state index contributed by atoms with van der Waals surface area (Å²) in [5.74, 6) is 55.1. The molecule has 2 aromatic rings. The van der Waals surface area contributed by atoms with Crippen molar-refractivity contribution in [1.82, 2.24) is 20.1 Å². The van der Waals surface area contributed by atoms with Crippen molar-refractivity contribution in [2.75, 3.05) is 23.3 Å². The number of nitro groups is 1. The maximum absolute atomic E-state index is 12.5. The molecule has 1 saturated carbocycles. The zero-order chi connectivity index (χ0) is 41.7. The molecule has 0 unspecified atom stereocenters. The molecule has 1 saturated heterocycles. The molecule has 312 valence electrons. The number of hydrogen-bond donors (Lipinski definition) is 3. The van der Waals surface area contributed by atoms with E-state index in [9.17, 15) is 14.9 Å². The Labute approximate surface area is 356 Å². The topological polar surface area (TPSA) is 169 Å². The monoisotopic (exact) mass is 785 g/mol. The quantitative estimate of drug-likeness (QED) is 0.0879. The first-order valence-electron chi connectivity index (χ1n) is 17.3. The Kier molecular flexibility index (Phi) is 20.1. The van der Waals surface area contributed by atoms with Crippen LogP contribution in [0.3, 0.4) is 0 Å². The van der Waals surface area contributed by atoms with Gasteiger partial charge in [0, 0.05) is 76.2 Å². The number of terminal acetylenes is 2. The van der Waals surface area contributed by atoms with Crippen molar-refractivity contribution in [2.45, 2.75) is 72.3 Å². The lowest BCUT2D eigenvalue weighted by molar-refractivity contribution is -0.546. The number of pyridine rings is 1. The lowest BCUT2D eigenvalue weighted by Crippen LogP contribution is -2.33. The molecule has 0 spiro atoms. The average molecular weight is 785 g/mol. The molecule has 2 fully saturated rings. The van der Waals surface area contributed by atoms with Crippen LogP contribution in [0.1, 0.15) is 93.7 Å². The number of fused-ring (bicyclic) bond motifs is 1. The number of hydrazine groups is 1. The fraction of sp³-hybridized carbons (Fsp3) is 0.341. The number of carbonyl (C=O) groups excluding carboxylic acids is 1. The third-order valence-corrected chi connectivity index (χ3v) is 7.40. The van der Waals surface area contributed by atoms with Crippen molar-refractivity contribution in [1.29, 1.82) is 0 Å². The second kappa shape index (κ2) is 25.6. The molecular weight excluding hydrogens is 717 g/mol. The van der Waals surface area contributed by atoms with Crippen LogP contribution in [-0.4, -0.2) is 38.6 Å². The molecule has 4 N–H and O–H groups in total. The van der Waals surface area contributed by atoms with Crippen LogP contribution in [0.15, 0.2) is 22.6 Å². The molecule has 0 bridgehead atoms. The van der Waals surface area contributed by atoms with Crippen molar-refractivity contribution >= 4 is 28.8 Å². The van der Waals surface area contributed by atoms with Gasteiger partial charge in [-0.3, -0.25) is 20.5 Å². The predicted molar refractivity (Wildman–Crippen MR) is 252 cm³/mol. The lowest BCUT2D eigenvalue weighted by Gasteiger charge is -2.32. The van der Waals surface area contributed by atoms with E-state index in [0.29, 0.717) is 18.4 Å². The number of aromatic nitrogens is 3. The summed E-state index contributed by atoms with van der Waals surface area (Å²) in [7, 11) is 0. The Morgan fingerprint density at radius 1 is 0.860 bits per heavy atom. The molecule has 13 nitrogen and oxygen atoms in total. The van der Waals surface area contributed by atoms with Gasteiger partial charge in [-0.2, -0.15) is 0 Å². The van der Waals surface area contributed by atoms with Crippen LogP contribution < -0.4 is 21.6 Å². The van der Waals surface area contributed by atoms with Crippen molar-refractivity contribution in [3.05, 3.63) is 22.2 Å². The minimum atomic E-state index is -0.879. The smallest absolute Gasteiger partial charge is 0.227 e. The zero-order valence-corrected chi connectivity index (χ0v) is 32.1. The highest BCUT2D eigenvalue weighted by Gasteiger charge is 2.28. The van der Waals surface area contributed by atoms with Gasteiger partial charge < -0.3 is 15.0 Å². The van der Waals surface area contributed by atoms with Crippen molar-refractivity contribution in [3.63, 3.8) is 0 Å². The first-order valence-corrected chi connectivity index (χ1v) is 17.3. The minimum Gasteiger partial charge on any atom is -0.357 e. The molecule has 3 heterocycles. The van der Waals surface area contributed by atoms with Gasteiger partial charge in [0.05, 0.1) is 10.3 Å². The van der Waals surface area contributed by atoms with Crippen molar-refractivity contribution in [3.8, 4) is 131 Å². The standard InChI is InChI=1S/C22H33N5O.C22H2.H3N5O2.15H2/c1-15-10-12-26(13-11-15)18-9-8-17-20(24-18)27(16-6-5-7-16)21(23-17)25-19(28)14-22(2,3)4;1-3-5-7-9-11-13-15-17-19-21-22-20-18-16-14-12-10-8-6-4-2;1-2-3-4-5(6)7;;;;;;;;;;;;;;;/h8-9,15-16H,5-7,10-14H2,1-4H3,(H,23,25,28);1-2H;(H2,1,3)(H,2,4);15*1H. The van der Waals surface area contributed by atoms with E-state index in [0.717, 1.165) is 48.8 Å². The van der Waals surface area contributed by atoms with E-state index in [2.05, 4.69) is 189 Å². The van der Waals surface area contributed by atoms with Crippen LogP contribution in [-0.2, 0) is 4.79 Å². The SMILES string of the molecule is C#CC#CC#CC#CC#CC#CC#CC#CC#CC#CC#C.CC1CCN(c2ccc3nc(NC(=O)CC(C)(C)C)n(C4CCC4)c3n2)CC1.NN=NN[N+](=O)[O-].[HH].[HH].[HH].[HH].[HH].[HH].[HH].[HH].[HH].[HH].[HH].[HH].[HH].[HH].[HH]. The first kappa shape index (κ1) is 44.8. The third-order valence-electron chi connectivity index (χ3n) is 7.40. The fourth-order valence-electron chi connectivity index (χ4n) is 4.74. The van der Waals surface area contributed by atoms with Crippen molar-refractivity contribution in [2.24, 2.45) is 27.6 Å². The van der Waals surface area contributed by atoms with Crippen LogP contribution in [0.4, 0.5) is 11.8 Å². The summed E-state index contributed by atoms with van der Waals surface area (Å²) < 4.78 is 2.18. The summed E-state index contributed by atoms with van der Waals surface area (Å²) in [6.07, 6.45) is 16.2. The molecule has 0 radical (unpaired) electrons. The number of nitrogens with zero attached hydrogens (tertiary/aromatic N) is 7. The van der Waals surface area contributed by atoms with E-state index in [-0.39, 0.29) is 32.7 Å². The first-order chi connectivity index (χ1) is 27.5. The van der Waals surface area contributed by atoms with Gasteiger partial charge in [0.15, 0.2) is 10.9 Å². The molecule has 0 atom stereocenters. The number of anilines is 2. The number of hydrogen-bond acceptors (Lipinski definition) is 8. The molecule has 1 aliphatic heterocycles. The number of imidazole rings is 1. The largest absolute Gasteiger partial charge is 0.357 e. The normalized spacial score (nSPS) is 11.9. The van der Waals surface area contributed by atoms with Crippen LogP contribution in [0, 0.1) is 153 Å². The Morgan fingerprint density at radius 3 is 1.70 bits per heavy atom. The number of piperidine rings is 1. The minimum absolute atomic E-state index is 0. The van der Waals surface area contributed by atoms with Gasteiger partial charge in [-0.1, -0.05) is 27.7 Å². The maximum Gasteiger partial charge on any atom is 0.227 e. The zero-order valence-electron chi connectivity index (χ0n) is 32.1. The Bertz CT molecular complexity index is 2450. The predicted octanol–water partition coefficient (Wildman–Crippen LogP) is 7.75. The van der Waals surface area contributed by atoms with Crippen LogP contribution in [0.2, 0.25) is 0 Å². The van der Waals surface area contributed by atoms with Gasteiger partial charge in [0.1, 0.15) is 11.3 Å². The van der Waals surface area contributed by atoms with Gasteiger partial charge in [0.25, 0.3) is 0 Å². The number of amides is 1. The van der Waals surface area contributed by atoms with E-state index in [1.807, 2.05) is 0 Å². The van der Waals surface area contributed by atoms with E-state index >= 15 is 0 Å². The Balaban J connectivity index is -0.0000000588. The highest BCUT2D eigenvalue weighted by Crippen LogP contribution is 2.37. The summed E-state index contributed by atoms with van der Waals surface area (Å²) in [6.45, 7) is 10.7. The molecule has 57 heavy (non-hydrogen) atoms. The fourth-order valence-corrected chi connectivity index (χ4v) is 4.74. The van der Waals surface area contributed by atoms with Crippen LogP contribution >= 0.6 is 0 Å². The molecule has 2 aliphatic rings. The molecule has 13 heteroatoms. The summed E-state index contributed by atoms with van der Waals surface area (Å²) in [5.41, 5.74) is 3.08. The van der Waals surface area contributed by atoms with Gasteiger partial charge >= 0.3 is 0 Å². The molecule has 1 aliphatic carbocycles. The second-order valence-corrected chi connectivity index (χ2v) is 13.0. The van der Waals surface area contributed by atoms with E-state index in [4.69, 9.17) is 22.8 Å². The number of carbonyl (C=O) groups is 1. The van der Waals surface area contributed by atoms with Gasteiger partial charge in [0.2, 0.25) is 11.9 Å².